The quantitative estimate of drug-likeness (QED) is 0.289. The van der Waals surface area contributed by atoms with E-state index in [-0.39, 0.29) is 0 Å². The standard InChI is InChI=1S/C19H34N2O3/c1-16-7-6-8-18(17(2)10-9-16)21-11-14-23-12-4-5-13-24-15-19(22)20-3/h6,8-10,18-22H,4-5,7,11-15H2,1-3H3/b8-6-,16-9-,17-10?. The van der Waals surface area contributed by atoms with Gasteiger partial charge in [-0.3, -0.25) is 5.32 Å². The van der Waals surface area contributed by atoms with Crippen molar-refractivity contribution in [3.63, 3.8) is 0 Å². The molecule has 0 aromatic heterocycles. The van der Waals surface area contributed by atoms with Crippen molar-refractivity contribution in [3.05, 3.63) is 35.5 Å². The molecule has 3 N–H and O–H groups in total. The molecule has 0 saturated carbocycles. The largest absolute Gasteiger partial charge is 0.380 e. The molecule has 0 fully saturated rings. The summed E-state index contributed by atoms with van der Waals surface area (Å²) in [7, 11) is 1.71. The summed E-state index contributed by atoms with van der Waals surface area (Å²) in [6.07, 6.45) is 11.2. The molecular formula is C19H34N2O3. The summed E-state index contributed by atoms with van der Waals surface area (Å²) < 4.78 is 11.0. The highest BCUT2D eigenvalue weighted by atomic mass is 16.5. The lowest BCUT2D eigenvalue weighted by Gasteiger charge is -2.17. The lowest BCUT2D eigenvalue weighted by molar-refractivity contribution is 0.0195. The Hall–Kier alpha value is -0.980. The van der Waals surface area contributed by atoms with Crippen LogP contribution in [0, 0.1) is 0 Å². The molecule has 5 nitrogen and oxygen atoms in total. The number of hydrogen-bond acceptors (Lipinski definition) is 5. The molecule has 2 unspecified atom stereocenters. The minimum Gasteiger partial charge on any atom is -0.380 e. The van der Waals surface area contributed by atoms with Crippen LogP contribution < -0.4 is 10.6 Å². The van der Waals surface area contributed by atoms with E-state index in [2.05, 4.69) is 48.8 Å². The smallest absolute Gasteiger partial charge is 0.128 e. The number of rotatable bonds is 12. The van der Waals surface area contributed by atoms with Gasteiger partial charge in [-0.15, -0.1) is 0 Å². The lowest BCUT2D eigenvalue weighted by Crippen LogP contribution is -2.31. The van der Waals surface area contributed by atoms with Gasteiger partial charge in [-0.05, 0) is 40.2 Å². The summed E-state index contributed by atoms with van der Waals surface area (Å²) in [5, 5.41) is 15.5. The van der Waals surface area contributed by atoms with Crippen molar-refractivity contribution >= 4 is 0 Å². The number of likely N-dealkylation sites (N-methyl/N-ethyl adjacent to an activating group) is 1. The van der Waals surface area contributed by atoms with Crippen LogP contribution in [0.3, 0.4) is 0 Å². The predicted octanol–water partition coefficient (Wildman–Crippen LogP) is 2.15. The second-order valence-corrected chi connectivity index (χ2v) is 6.19. The fraction of sp³-hybridized carbons (Fsp3) is 0.684. The maximum atomic E-state index is 9.25. The molecule has 0 radical (unpaired) electrons. The summed E-state index contributed by atoms with van der Waals surface area (Å²) >= 11 is 0. The Morgan fingerprint density at radius 3 is 2.67 bits per heavy atom. The van der Waals surface area contributed by atoms with Crippen LogP contribution in [0.1, 0.15) is 33.1 Å². The zero-order valence-corrected chi connectivity index (χ0v) is 15.4. The third kappa shape index (κ3) is 10.0. The maximum Gasteiger partial charge on any atom is 0.128 e. The average Bonchev–Trinajstić information content (AvgIpc) is 2.58. The van der Waals surface area contributed by atoms with Crippen molar-refractivity contribution in [1.29, 1.82) is 0 Å². The molecule has 1 aliphatic rings. The van der Waals surface area contributed by atoms with Gasteiger partial charge in [0.05, 0.1) is 13.2 Å². The topological polar surface area (TPSA) is 62.8 Å². The first-order valence-electron chi connectivity index (χ1n) is 8.88. The monoisotopic (exact) mass is 338 g/mol. The van der Waals surface area contributed by atoms with Crippen LogP contribution in [0.5, 0.6) is 0 Å². The molecular weight excluding hydrogens is 304 g/mol. The van der Waals surface area contributed by atoms with Crippen LogP contribution in [-0.2, 0) is 9.47 Å². The van der Waals surface area contributed by atoms with Crippen molar-refractivity contribution in [1.82, 2.24) is 10.6 Å². The van der Waals surface area contributed by atoms with Gasteiger partial charge in [0.2, 0.25) is 0 Å². The minimum absolute atomic E-state index is 0.296. The van der Waals surface area contributed by atoms with Crippen LogP contribution in [0.4, 0.5) is 0 Å². The van der Waals surface area contributed by atoms with Crippen LogP contribution in [0.25, 0.3) is 0 Å². The van der Waals surface area contributed by atoms with Crippen LogP contribution >= 0.6 is 0 Å². The number of nitrogens with one attached hydrogen (secondary N) is 2. The third-order valence-electron chi connectivity index (χ3n) is 3.94. The molecule has 2 atom stereocenters. The Balaban J connectivity index is 2.00. The molecule has 0 aromatic rings. The van der Waals surface area contributed by atoms with Gasteiger partial charge in [-0.1, -0.05) is 35.5 Å². The number of ether oxygens (including phenoxy) is 2. The highest BCUT2D eigenvalue weighted by Gasteiger charge is 2.06. The summed E-state index contributed by atoms with van der Waals surface area (Å²) in [5.41, 5.74) is 2.71. The molecule has 0 bridgehead atoms. The van der Waals surface area contributed by atoms with Crippen molar-refractivity contribution in [2.75, 3.05) is 40.0 Å². The Morgan fingerprint density at radius 2 is 1.92 bits per heavy atom. The zero-order valence-electron chi connectivity index (χ0n) is 15.4. The van der Waals surface area contributed by atoms with Crippen molar-refractivity contribution in [2.24, 2.45) is 0 Å². The lowest BCUT2D eigenvalue weighted by atomic mass is 10.0. The normalized spacial score (nSPS) is 22.9. The van der Waals surface area contributed by atoms with E-state index in [1.807, 2.05) is 0 Å². The maximum absolute atomic E-state index is 9.25. The molecule has 0 aromatic carbocycles. The fourth-order valence-electron chi connectivity index (χ4n) is 2.29. The molecule has 0 spiro atoms. The minimum atomic E-state index is -0.577. The van der Waals surface area contributed by atoms with Crippen LogP contribution in [0.2, 0.25) is 0 Å². The average molecular weight is 338 g/mol. The van der Waals surface area contributed by atoms with E-state index in [1.165, 1.54) is 11.1 Å². The van der Waals surface area contributed by atoms with E-state index in [4.69, 9.17) is 9.47 Å². The number of hydrogen-bond donors (Lipinski definition) is 3. The summed E-state index contributed by atoms with van der Waals surface area (Å²) in [6, 6.07) is 0.296. The van der Waals surface area contributed by atoms with E-state index in [0.29, 0.717) is 25.9 Å². The number of unbranched alkanes of at least 4 members (excludes halogenated alkanes) is 1. The Morgan fingerprint density at radius 1 is 1.17 bits per heavy atom. The Kier molecular flexibility index (Phi) is 11.7. The fourth-order valence-corrected chi connectivity index (χ4v) is 2.29. The summed E-state index contributed by atoms with van der Waals surface area (Å²) in [6.45, 7) is 7.60. The molecule has 0 heterocycles. The summed E-state index contributed by atoms with van der Waals surface area (Å²) in [5.74, 6) is 0. The van der Waals surface area contributed by atoms with Crippen LogP contribution in [-0.4, -0.2) is 57.4 Å². The molecule has 1 aliphatic carbocycles. The highest BCUT2D eigenvalue weighted by Crippen LogP contribution is 2.11. The number of aliphatic hydroxyl groups excluding tert-OH is 1. The first kappa shape index (κ1) is 21.1. The van der Waals surface area contributed by atoms with E-state index in [9.17, 15) is 5.11 Å². The predicted molar refractivity (Wildman–Crippen MR) is 99.0 cm³/mol. The van der Waals surface area contributed by atoms with Gasteiger partial charge in [-0.2, -0.15) is 0 Å². The molecule has 24 heavy (non-hydrogen) atoms. The SMILES string of the molecule is CNC(O)COCCCCOCCNC1/C=C\C/C(C)=C\C=C1C. The van der Waals surface area contributed by atoms with Gasteiger partial charge < -0.3 is 19.9 Å². The van der Waals surface area contributed by atoms with Gasteiger partial charge in [0, 0.05) is 25.8 Å². The van der Waals surface area contributed by atoms with Gasteiger partial charge in [0.15, 0.2) is 0 Å². The second-order valence-electron chi connectivity index (χ2n) is 6.19. The number of aliphatic hydroxyl groups is 1. The second kappa shape index (κ2) is 13.3. The Labute approximate surface area is 146 Å². The van der Waals surface area contributed by atoms with E-state index < -0.39 is 6.23 Å². The van der Waals surface area contributed by atoms with Crippen molar-refractivity contribution in [2.45, 2.75) is 45.4 Å². The molecule has 0 saturated heterocycles. The van der Waals surface area contributed by atoms with Crippen molar-refractivity contribution in [3.8, 4) is 0 Å². The molecule has 138 valence electrons. The number of allylic oxidation sites excluding steroid dienone is 4. The molecule has 0 aliphatic heterocycles. The first-order valence-corrected chi connectivity index (χ1v) is 8.88. The first-order chi connectivity index (χ1) is 11.6. The molecule has 0 amide bonds. The molecule has 5 heteroatoms. The Bertz CT molecular complexity index is 419. The van der Waals surface area contributed by atoms with Gasteiger partial charge in [0.25, 0.3) is 0 Å². The van der Waals surface area contributed by atoms with E-state index in [0.717, 1.165) is 32.4 Å². The van der Waals surface area contributed by atoms with Crippen LogP contribution in [0.15, 0.2) is 35.5 Å². The van der Waals surface area contributed by atoms with E-state index >= 15 is 0 Å². The highest BCUT2D eigenvalue weighted by molar-refractivity contribution is 5.27. The van der Waals surface area contributed by atoms with Gasteiger partial charge in [0.1, 0.15) is 6.23 Å². The van der Waals surface area contributed by atoms with Gasteiger partial charge >= 0.3 is 0 Å². The van der Waals surface area contributed by atoms with Gasteiger partial charge in [-0.25, -0.2) is 0 Å². The molecule has 1 rings (SSSR count). The summed E-state index contributed by atoms with van der Waals surface area (Å²) in [4.78, 5) is 0. The van der Waals surface area contributed by atoms with Crippen molar-refractivity contribution < 1.29 is 14.6 Å². The third-order valence-corrected chi connectivity index (χ3v) is 3.94. The van der Waals surface area contributed by atoms with E-state index in [1.54, 1.807) is 7.05 Å². The zero-order chi connectivity index (χ0) is 17.6.